The van der Waals surface area contributed by atoms with E-state index in [-0.39, 0.29) is 17.5 Å². The molecule has 0 amide bonds. The minimum Gasteiger partial charge on any atom is -0.480 e. The van der Waals surface area contributed by atoms with E-state index in [4.69, 9.17) is 4.74 Å². The Hall–Kier alpha value is -1.89. The van der Waals surface area contributed by atoms with Crippen LogP contribution in [0.25, 0.3) is 0 Å². The van der Waals surface area contributed by atoms with Crippen molar-refractivity contribution in [2.75, 3.05) is 18.6 Å². The van der Waals surface area contributed by atoms with Crippen LogP contribution in [0.3, 0.4) is 0 Å². The predicted molar refractivity (Wildman–Crippen MR) is 77.7 cm³/mol. The monoisotopic (exact) mass is 295 g/mol. The number of nitrogens with zero attached hydrogens (tertiary/aromatic N) is 3. The van der Waals surface area contributed by atoms with Crippen LogP contribution in [0, 0.1) is 0 Å². The third-order valence-electron chi connectivity index (χ3n) is 3.70. The number of ether oxygens (including phenoxy) is 1. The topological polar surface area (TPSA) is 84.7 Å². The number of carbonyl (C=O) groups is 1. The van der Waals surface area contributed by atoms with E-state index in [0.717, 1.165) is 0 Å². The number of anilines is 1. The summed E-state index contributed by atoms with van der Waals surface area (Å²) in [6.07, 6.45) is 3.28. The van der Waals surface area contributed by atoms with E-state index in [9.17, 15) is 14.7 Å². The van der Waals surface area contributed by atoms with Crippen LogP contribution in [0.15, 0.2) is 17.2 Å². The van der Waals surface area contributed by atoms with Crippen LogP contribution in [0.4, 0.5) is 5.82 Å². The van der Waals surface area contributed by atoms with Crippen molar-refractivity contribution in [2.24, 2.45) is 0 Å². The highest BCUT2D eigenvalue weighted by molar-refractivity contribution is 5.78. The Morgan fingerprint density at radius 2 is 2.14 bits per heavy atom. The second-order valence-corrected chi connectivity index (χ2v) is 6.20. The highest BCUT2D eigenvalue weighted by atomic mass is 16.5. The van der Waals surface area contributed by atoms with Crippen LogP contribution in [-0.4, -0.2) is 46.4 Å². The van der Waals surface area contributed by atoms with Crippen LogP contribution in [0.2, 0.25) is 0 Å². The molecule has 21 heavy (non-hydrogen) atoms. The molecule has 7 nitrogen and oxygen atoms in total. The van der Waals surface area contributed by atoms with Crippen LogP contribution in [-0.2, 0) is 15.1 Å². The van der Waals surface area contributed by atoms with Gasteiger partial charge in [0.1, 0.15) is 6.04 Å². The molecule has 1 aliphatic heterocycles. The molecular formula is C14H21N3O4. The van der Waals surface area contributed by atoms with E-state index in [1.165, 1.54) is 11.1 Å². The first kappa shape index (κ1) is 15.5. The van der Waals surface area contributed by atoms with Crippen LogP contribution < -0.4 is 10.5 Å². The summed E-state index contributed by atoms with van der Waals surface area (Å²) in [7, 11) is 1.54. The third-order valence-corrected chi connectivity index (χ3v) is 3.70. The van der Waals surface area contributed by atoms with E-state index in [1.54, 1.807) is 17.9 Å². The van der Waals surface area contributed by atoms with E-state index in [2.05, 4.69) is 4.98 Å². The fourth-order valence-corrected chi connectivity index (χ4v) is 2.56. The summed E-state index contributed by atoms with van der Waals surface area (Å²) in [5.41, 5.74) is -0.679. The maximum absolute atomic E-state index is 12.6. The van der Waals surface area contributed by atoms with Crippen molar-refractivity contribution in [3.8, 4) is 0 Å². The summed E-state index contributed by atoms with van der Waals surface area (Å²) in [6.45, 7) is 6.09. The largest absolute Gasteiger partial charge is 0.480 e. The number of aromatic nitrogens is 2. The first-order valence-corrected chi connectivity index (χ1v) is 6.86. The SMILES string of the molecule is COC1CC(C(=O)O)N(c2nccn(C(C)(C)C)c2=O)C1. The summed E-state index contributed by atoms with van der Waals surface area (Å²) in [5.74, 6) is -0.804. The molecule has 0 saturated carbocycles. The lowest BCUT2D eigenvalue weighted by Gasteiger charge is -2.26. The Labute approximate surface area is 123 Å². The average Bonchev–Trinajstić information content (AvgIpc) is 2.81. The first-order chi connectivity index (χ1) is 9.75. The molecule has 0 aromatic carbocycles. The molecule has 0 aliphatic carbocycles. The molecule has 0 spiro atoms. The molecule has 1 saturated heterocycles. The standard InChI is InChI=1S/C14H21N3O4/c1-14(2,3)17-6-5-15-11(12(17)18)16-8-9(21-4)7-10(16)13(19)20/h5-6,9-10H,7-8H2,1-4H3,(H,19,20). The Kier molecular flexibility index (Phi) is 4.04. The minimum absolute atomic E-state index is 0.166. The smallest absolute Gasteiger partial charge is 0.326 e. The van der Waals surface area contributed by atoms with Crippen molar-refractivity contribution in [1.29, 1.82) is 0 Å². The molecule has 2 atom stereocenters. The van der Waals surface area contributed by atoms with E-state index >= 15 is 0 Å². The van der Waals surface area contributed by atoms with Crippen molar-refractivity contribution in [2.45, 2.75) is 44.9 Å². The molecular weight excluding hydrogens is 274 g/mol. The second-order valence-electron chi connectivity index (χ2n) is 6.20. The molecule has 1 aliphatic rings. The maximum atomic E-state index is 12.6. The number of rotatable bonds is 3. The average molecular weight is 295 g/mol. The highest BCUT2D eigenvalue weighted by Gasteiger charge is 2.39. The van der Waals surface area contributed by atoms with Gasteiger partial charge in [-0.25, -0.2) is 9.78 Å². The maximum Gasteiger partial charge on any atom is 0.326 e. The number of carboxylic acid groups (broad SMARTS) is 1. The molecule has 116 valence electrons. The lowest BCUT2D eigenvalue weighted by atomic mass is 10.1. The number of hydrogen-bond donors (Lipinski definition) is 1. The molecule has 2 heterocycles. The number of carboxylic acids is 1. The number of methoxy groups -OCH3 is 1. The van der Waals surface area contributed by atoms with Gasteiger partial charge in [-0.3, -0.25) is 4.79 Å². The first-order valence-electron chi connectivity index (χ1n) is 6.86. The quantitative estimate of drug-likeness (QED) is 0.882. The van der Waals surface area contributed by atoms with Gasteiger partial charge >= 0.3 is 5.97 Å². The van der Waals surface area contributed by atoms with Crippen molar-refractivity contribution in [3.63, 3.8) is 0 Å². The van der Waals surface area contributed by atoms with Crippen molar-refractivity contribution in [3.05, 3.63) is 22.7 Å². The molecule has 1 fully saturated rings. The Bertz CT molecular complexity index is 591. The highest BCUT2D eigenvalue weighted by Crippen LogP contribution is 2.24. The van der Waals surface area contributed by atoms with Gasteiger partial charge < -0.3 is 19.3 Å². The summed E-state index contributed by atoms with van der Waals surface area (Å²) in [4.78, 5) is 29.6. The van der Waals surface area contributed by atoms with Gasteiger partial charge in [0.2, 0.25) is 0 Å². The van der Waals surface area contributed by atoms with Crippen molar-refractivity contribution >= 4 is 11.8 Å². The predicted octanol–water partition coefficient (Wildman–Crippen LogP) is 0.677. The van der Waals surface area contributed by atoms with E-state index < -0.39 is 17.6 Å². The fraction of sp³-hybridized carbons (Fsp3) is 0.643. The summed E-state index contributed by atoms with van der Waals surface area (Å²) < 4.78 is 6.80. The molecule has 1 N–H and O–H groups in total. The van der Waals surface area contributed by atoms with Crippen LogP contribution >= 0.6 is 0 Å². The zero-order chi connectivity index (χ0) is 15.8. The zero-order valence-electron chi connectivity index (χ0n) is 12.7. The molecule has 0 bridgehead atoms. The van der Waals surface area contributed by atoms with Crippen LogP contribution in [0.1, 0.15) is 27.2 Å². The Morgan fingerprint density at radius 1 is 1.48 bits per heavy atom. The molecule has 0 radical (unpaired) electrons. The Balaban J connectivity index is 2.46. The molecule has 1 aromatic rings. The van der Waals surface area contributed by atoms with Crippen LogP contribution in [0.5, 0.6) is 0 Å². The normalized spacial score (nSPS) is 22.6. The fourth-order valence-electron chi connectivity index (χ4n) is 2.56. The van der Waals surface area contributed by atoms with Gasteiger partial charge in [0.15, 0.2) is 5.82 Å². The molecule has 2 unspecified atom stereocenters. The third kappa shape index (κ3) is 2.92. The van der Waals surface area contributed by atoms with E-state index in [1.807, 2.05) is 20.8 Å². The lowest BCUT2D eigenvalue weighted by molar-refractivity contribution is -0.138. The molecule has 7 heteroatoms. The second kappa shape index (κ2) is 5.48. The summed E-state index contributed by atoms with van der Waals surface area (Å²) in [5, 5.41) is 9.34. The van der Waals surface area contributed by atoms with Gasteiger partial charge in [0.25, 0.3) is 5.56 Å². The van der Waals surface area contributed by atoms with Gasteiger partial charge in [0, 0.05) is 38.0 Å². The number of aliphatic carboxylic acids is 1. The molecule has 1 aromatic heterocycles. The van der Waals surface area contributed by atoms with Gasteiger partial charge in [-0.15, -0.1) is 0 Å². The minimum atomic E-state index is -0.970. The van der Waals surface area contributed by atoms with Gasteiger partial charge in [-0.2, -0.15) is 0 Å². The summed E-state index contributed by atoms with van der Waals surface area (Å²) in [6, 6.07) is -0.786. The van der Waals surface area contributed by atoms with Gasteiger partial charge in [-0.05, 0) is 20.8 Å². The van der Waals surface area contributed by atoms with Gasteiger partial charge in [0.05, 0.1) is 6.10 Å². The Morgan fingerprint density at radius 3 is 2.67 bits per heavy atom. The van der Waals surface area contributed by atoms with Crippen molar-refractivity contribution in [1.82, 2.24) is 9.55 Å². The molecule has 2 rings (SSSR count). The number of hydrogen-bond acceptors (Lipinski definition) is 5. The zero-order valence-corrected chi connectivity index (χ0v) is 12.7. The van der Waals surface area contributed by atoms with Crippen molar-refractivity contribution < 1.29 is 14.6 Å². The van der Waals surface area contributed by atoms with Gasteiger partial charge in [-0.1, -0.05) is 0 Å². The summed E-state index contributed by atoms with van der Waals surface area (Å²) >= 11 is 0. The lowest BCUT2D eigenvalue weighted by Crippen LogP contribution is -2.43. The van der Waals surface area contributed by atoms with E-state index in [0.29, 0.717) is 13.0 Å².